The van der Waals surface area contributed by atoms with Crippen LogP contribution in [0.25, 0.3) is 10.9 Å². The Labute approximate surface area is 156 Å². The smallest absolute Gasteiger partial charge is 0.256 e. The monoisotopic (exact) mass is 364 g/mol. The molecule has 6 heteroatoms. The van der Waals surface area contributed by atoms with Crippen molar-refractivity contribution in [1.82, 2.24) is 4.98 Å². The van der Waals surface area contributed by atoms with Crippen molar-refractivity contribution in [1.29, 1.82) is 0 Å². The van der Waals surface area contributed by atoms with E-state index in [1.807, 2.05) is 42.5 Å². The van der Waals surface area contributed by atoms with E-state index < -0.39 is 0 Å². The lowest BCUT2D eigenvalue weighted by molar-refractivity contribution is -0.921. The molecule has 0 radical (unpaired) electrons. The molecule has 1 amide bonds. The molecule has 0 atom stereocenters. The molecule has 1 aliphatic heterocycles. The summed E-state index contributed by atoms with van der Waals surface area (Å²) in [6, 6.07) is 16.5. The number of carbonyl (C=O) groups excluding carboxylic acids is 1. The minimum Gasteiger partial charge on any atom is -0.370 e. The van der Waals surface area contributed by atoms with Crippen LogP contribution < -0.4 is 15.8 Å². The summed E-state index contributed by atoms with van der Waals surface area (Å²) in [5, 5.41) is 3.61. The summed E-state index contributed by atoms with van der Waals surface area (Å²) in [7, 11) is 0. The number of carbonyl (C=O) groups is 1. The van der Waals surface area contributed by atoms with Crippen LogP contribution in [0.1, 0.15) is 15.9 Å². The molecule has 2 aromatic carbocycles. The number of pyridine rings is 1. The van der Waals surface area contributed by atoms with Crippen molar-refractivity contribution >= 4 is 22.5 Å². The van der Waals surface area contributed by atoms with Gasteiger partial charge in [-0.25, -0.2) is 0 Å². The minimum atomic E-state index is -0.289. The number of fused-ring (bicyclic) bond motifs is 1. The first-order chi connectivity index (χ1) is 13.2. The summed E-state index contributed by atoms with van der Waals surface area (Å²) >= 11 is 0. The third kappa shape index (κ3) is 4.07. The minimum absolute atomic E-state index is 0.288. The van der Waals surface area contributed by atoms with E-state index in [4.69, 9.17) is 4.74 Å². The highest BCUT2D eigenvalue weighted by atomic mass is 16.5. The molecule has 0 bridgehead atoms. The van der Waals surface area contributed by atoms with E-state index in [9.17, 15) is 9.59 Å². The predicted octanol–water partition coefficient (Wildman–Crippen LogP) is 1.20. The molecule has 2 heterocycles. The molecule has 0 unspecified atom stereocenters. The van der Waals surface area contributed by atoms with Crippen LogP contribution in [0.4, 0.5) is 5.69 Å². The van der Waals surface area contributed by atoms with Gasteiger partial charge in [-0.05, 0) is 18.2 Å². The average Bonchev–Trinajstić information content (AvgIpc) is 2.69. The Morgan fingerprint density at radius 1 is 1.07 bits per heavy atom. The summed E-state index contributed by atoms with van der Waals surface area (Å²) in [5.74, 6) is -0.288. The third-order valence-corrected chi connectivity index (χ3v) is 4.86. The van der Waals surface area contributed by atoms with Crippen molar-refractivity contribution in [2.45, 2.75) is 6.54 Å². The topological polar surface area (TPSA) is 75.6 Å². The maximum atomic E-state index is 12.7. The number of hydrogen-bond donors (Lipinski definition) is 3. The van der Waals surface area contributed by atoms with E-state index in [0.717, 1.165) is 38.2 Å². The molecule has 1 aromatic heterocycles. The number of aromatic amines is 1. The summed E-state index contributed by atoms with van der Waals surface area (Å²) in [6.07, 6.45) is 0. The number of aromatic nitrogens is 1. The first-order valence-electron chi connectivity index (χ1n) is 9.13. The van der Waals surface area contributed by atoms with E-state index in [1.165, 1.54) is 16.5 Å². The zero-order valence-corrected chi connectivity index (χ0v) is 15.0. The fraction of sp³-hybridized carbons (Fsp3) is 0.238. The van der Waals surface area contributed by atoms with Crippen LogP contribution >= 0.6 is 0 Å². The Balaban J connectivity index is 1.49. The van der Waals surface area contributed by atoms with E-state index in [1.54, 1.807) is 6.07 Å². The first-order valence-corrected chi connectivity index (χ1v) is 9.13. The van der Waals surface area contributed by atoms with Crippen molar-refractivity contribution in [3.05, 3.63) is 76.1 Å². The zero-order chi connectivity index (χ0) is 18.6. The van der Waals surface area contributed by atoms with Crippen LogP contribution in [0.2, 0.25) is 0 Å². The van der Waals surface area contributed by atoms with Gasteiger partial charge in [0.1, 0.15) is 19.6 Å². The number of quaternary nitrogens is 1. The standard InChI is InChI=1S/C21H21N3O3/c25-20-13-18(17-3-1-2-4-19(17)23-20)21(26)22-16-7-5-15(6-8-16)14-24-9-11-27-12-10-24/h1-8,13H,9-12,14H2,(H,22,26)(H,23,25)/p+1. The average molecular weight is 364 g/mol. The maximum Gasteiger partial charge on any atom is 0.256 e. The number of benzene rings is 2. The molecular weight excluding hydrogens is 342 g/mol. The van der Waals surface area contributed by atoms with Crippen molar-refractivity contribution < 1.29 is 14.4 Å². The number of ether oxygens (including phenoxy) is 1. The number of morpholine rings is 1. The first kappa shape index (κ1) is 17.5. The summed E-state index contributed by atoms with van der Waals surface area (Å²) in [6.45, 7) is 4.62. The summed E-state index contributed by atoms with van der Waals surface area (Å²) in [5.41, 5.74) is 2.68. The zero-order valence-electron chi connectivity index (χ0n) is 15.0. The Hall–Kier alpha value is -2.96. The highest BCUT2D eigenvalue weighted by Gasteiger charge is 2.15. The molecule has 3 N–H and O–H groups in total. The number of anilines is 1. The quantitative estimate of drug-likeness (QED) is 0.651. The van der Waals surface area contributed by atoms with Gasteiger partial charge in [0.15, 0.2) is 0 Å². The Bertz CT molecular complexity index is 1010. The number of H-pyrrole nitrogens is 1. The SMILES string of the molecule is O=C(Nc1ccc(C[NH+]2CCOCC2)cc1)c1cc(=O)[nH]c2ccccc12. The second-order valence-corrected chi connectivity index (χ2v) is 6.78. The van der Waals surface area contributed by atoms with Crippen LogP contribution in [0.15, 0.2) is 59.4 Å². The largest absolute Gasteiger partial charge is 0.370 e. The summed E-state index contributed by atoms with van der Waals surface area (Å²) < 4.78 is 5.39. The predicted molar refractivity (Wildman–Crippen MR) is 104 cm³/mol. The van der Waals surface area contributed by atoms with Gasteiger partial charge in [-0.1, -0.05) is 30.3 Å². The van der Waals surface area contributed by atoms with E-state index in [0.29, 0.717) is 16.8 Å². The second kappa shape index (κ2) is 7.73. The number of para-hydroxylation sites is 1. The van der Waals surface area contributed by atoms with Crippen molar-refractivity contribution in [3.8, 4) is 0 Å². The van der Waals surface area contributed by atoms with Crippen molar-refractivity contribution in [3.63, 3.8) is 0 Å². The number of rotatable bonds is 4. The molecule has 138 valence electrons. The molecule has 0 aliphatic carbocycles. The van der Waals surface area contributed by atoms with Crippen LogP contribution in [-0.2, 0) is 11.3 Å². The molecule has 0 spiro atoms. The fourth-order valence-electron chi connectivity index (χ4n) is 3.42. The van der Waals surface area contributed by atoms with Crippen LogP contribution in [0.3, 0.4) is 0 Å². The Kier molecular flexibility index (Phi) is 5.00. The van der Waals surface area contributed by atoms with E-state index in [-0.39, 0.29) is 11.5 Å². The lowest BCUT2D eigenvalue weighted by Gasteiger charge is -2.23. The van der Waals surface area contributed by atoms with Crippen molar-refractivity contribution in [2.75, 3.05) is 31.6 Å². The Morgan fingerprint density at radius 2 is 1.81 bits per heavy atom. The van der Waals surface area contributed by atoms with Gasteiger partial charge in [0.05, 0.1) is 18.8 Å². The molecule has 1 fully saturated rings. The molecule has 6 nitrogen and oxygen atoms in total. The number of amides is 1. The van der Waals surface area contributed by atoms with Gasteiger partial charge in [0.2, 0.25) is 5.56 Å². The normalized spacial score (nSPS) is 15.0. The van der Waals surface area contributed by atoms with Crippen LogP contribution in [0.5, 0.6) is 0 Å². The lowest BCUT2D eigenvalue weighted by Crippen LogP contribution is -3.12. The molecular formula is C21H22N3O3+. The highest BCUT2D eigenvalue weighted by Crippen LogP contribution is 2.17. The molecule has 27 heavy (non-hydrogen) atoms. The number of nitrogens with one attached hydrogen (secondary N) is 3. The Morgan fingerprint density at radius 3 is 2.59 bits per heavy atom. The second-order valence-electron chi connectivity index (χ2n) is 6.78. The van der Waals surface area contributed by atoms with Crippen molar-refractivity contribution in [2.24, 2.45) is 0 Å². The van der Waals surface area contributed by atoms with Gasteiger partial charge < -0.3 is 19.9 Å². The van der Waals surface area contributed by atoms with E-state index in [2.05, 4.69) is 10.3 Å². The van der Waals surface area contributed by atoms with Gasteiger partial charge in [-0.2, -0.15) is 0 Å². The van der Waals surface area contributed by atoms with E-state index >= 15 is 0 Å². The number of hydrogen-bond acceptors (Lipinski definition) is 3. The molecule has 1 saturated heterocycles. The fourth-order valence-corrected chi connectivity index (χ4v) is 3.42. The van der Waals surface area contributed by atoms with Crippen LogP contribution in [-0.4, -0.2) is 37.2 Å². The summed E-state index contributed by atoms with van der Waals surface area (Å²) in [4.78, 5) is 28.8. The molecule has 3 aromatic rings. The lowest BCUT2D eigenvalue weighted by atomic mass is 10.1. The van der Waals surface area contributed by atoms with Gasteiger partial charge in [0, 0.05) is 28.2 Å². The van der Waals surface area contributed by atoms with Gasteiger partial charge in [0.25, 0.3) is 5.91 Å². The molecule has 4 rings (SSSR count). The van der Waals surface area contributed by atoms with Gasteiger partial charge >= 0.3 is 0 Å². The maximum absolute atomic E-state index is 12.7. The van der Waals surface area contributed by atoms with Gasteiger partial charge in [-0.15, -0.1) is 0 Å². The van der Waals surface area contributed by atoms with Gasteiger partial charge in [-0.3, -0.25) is 9.59 Å². The third-order valence-electron chi connectivity index (χ3n) is 4.86. The molecule has 0 saturated carbocycles. The van der Waals surface area contributed by atoms with Crippen LogP contribution in [0, 0.1) is 0 Å². The molecule has 1 aliphatic rings. The highest BCUT2D eigenvalue weighted by molar-refractivity contribution is 6.12.